The maximum absolute atomic E-state index is 12.4. The van der Waals surface area contributed by atoms with Crippen molar-refractivity contribution in [1.29, 1.82) is 0 Å². The lowest BCUT2D eigenvalue weighted by Crippen LogP contribution is -2.37. The van der Waals surface area contributed by atoms with Gasteiger partial charge < -0.3 is 10.6 Å². The van der Waals surface area contributed by atoms with Gasteiger partial charge in [-0.05, 0) is 24.8 Å². The molecule has 20 heavy (non-hydrogen) atoms. The van der Waals surface area contributed by atoms with E-state index in [1.54, 1.807) is 0 Å². The van der Waals surface area contributed by atoms with Gasteiger partial charge in [-0.2, -0.15) is 4.98 Å². The molecule has 2 aromatic rings. The summed E-state index contributed by atoms with van der Waals surface area (Å²) in [5.74, 6) is 0.210. The lowest BCUT2D eigenvalue weighted by Gasteiger charge is -2.23. The highest BCUT2D eigenvalue weighted by Crippen LogP contribution is 2.22. The molecule has 1 aliphatic rings. The van der Waals surface area contributed by atoms with Crippen LogP contribution in [0.2, 0.25) is 0 Å². The molecule has 0 saturated carbocycles. The molecule has 6 heteroatoms. The second kappa shape index (κ2) is 5.32. The summed E-state index contributed by atoms with van der Waals surface area (Å²) < 4.78 is 0. The van der Waals surface area contributed by atoms with Crippen LogP contribution in [-0.4, -0.2) is 38.6 Å². The Hall–Kier alpha value is -2.37. The standard InChI is InChI=1S/C14H17N5O/c15-14-16-12(17-18-14)13(20)19-8-4-7-11(19)9-10-5-2-1-3-6-10/h1-3,5-6,11H,4,7-9H2,(H3,15,16,17,18). The van der Waals surface area contributed by atoms with Crippen molar-refractivity contribution >= 4 is 11.9 Å². The van der Waals surface area contributed by atoms with Crippen LogP contribution in [0.3, 0.4) is 0 Å². The predicted octanol–water partition coefficient (Wildman–Crippen LogP) is 1.23. The Morgan fingerprint density at radius 2 is 2.20 bits per heavy atom. The summed E-state index contributed by atoms with van der Waals surface area (Å²) in [6.45, 7) is 0.761. The van der Waals surface area contributed by atoms with Gasteiger partial charge in [-0.3, -0.25) is 9.89 Å². The van der Waals surface area contributed by atoms with E-state index in [4.69, 9.17) is 5.73 Å². The molecule has 0 spiro atoms. The van der Waals surface area contributed by atoms with Crippen LogP contribution in [0.25, 0.3) is 0 Å². The van der Waals surface area contributed by atoms with Crippen molar-refractivity contribution in [2.45, 2.75) is 25.3 Å². The van der Waals surface area contributed by atoms with E-state index < -0.39 is 0 Å². The molecular formula is C14H17N5O. The maximum Gasteiger partial charge on any atom is 0.291 e. The van der Waals surface area contributed by atoms with Crippen LogP contribution in [0.1, 0.15) is 29.0 Å². The quantitative estimate of drug-likeness (QED) is 0.879. The Balaban J connectivity index is 1.74. The smallest absolute Gasteiger partial charge is 0.291 e. The lowest BCUT2D eigenvalue weighted by atomic mass is 10.0. The summed E-state index contributed by atoms with van der Waals surface area (Å²) in [6.07, 6.45) is 2.91. The molecule has 1 aromatic heterocycles. The number of likely N-dealkylation sites (tertiary alicyclic amines) is 1. The number of aromatic amines is 1. The normalized spacial score (nSPS) is 18.4. The predicted molar refractivity (Wildman–Crippen MR) is 75.0 cm³/mol. The summed E-state index contributed by atoms with van der Waals surface area (Å²) in [6, 6.07) is 10.4. The van der Waals surface area contributed by atoms with Crippen LogP contribution in [0.15, 0.2) is 30.3 Å². The van der Waals surface area contributed by atoms with Gasteiger partial charge >= 0.3 is 0 Å². The summed E-state index contributed by atoms with van der Waals surface area (Å²) in [7, 11) is 0. The van der Waals surface area contributed by atoms with E-state index in [1.165, 1.54) is 5.56 Å². The molecule has 1 amide bonds. The zero-order valence-corrected chi connectivity index (χ0v) is 11.1. The van der Waals surface area contributed by atoms with Crippen molar-refractivity contribution in [3.63, 3.8) is 0 Å². The molecule has 1 atom stereocenters. The third kappa shape index (κ3) is 2.49. The monoisotopic (exact) mass is 271 g/mol. The van der Waals surface area contributed by atoms with E-state index in [0.717, 1.165) is 25.8 Å². The zero-order chi connectivity index (χ0) is 13.9. The number of hydrogen-bond donors (Lipinski definition) is 2. The Bertz CT molecular complexity index is 595. The second-order valence-corrected chi connectivity index (χ2v) is 5.03. The number of carbonyl (C=O) groups excluding carboxylic acids is 1. The molecule has 6 nitrogen and oxygen atoms in total. The van der Waals surface area contributed by atoms with E-state index in [-0.39, 0.29) is 23.7 Å². The van der Waals surface area contributed by atoms with Gasteiger partial charge in [0.05, 0.1) is 0 Å². The fourth-order valence-corrected chi connectivity index (χ4v) is 2.71. The van der Waals surface area contributed by atoms with Crippen molar-refractivity contribution in [1.82, 2.24) is 20.1 Å². The highest BCUT2D eigenvalue weighted by atomic mass is 16.2. The fourth-order valence-electron chi connectivity index (χ4n) is 2.71. The first-order valence-electron chi connectivity index (χ1n) is 6.77. The van der Waals surface area contributed by atoms with Crippen LogP contribution in [-0.2, 0) is 6.42 Å². The van der Waals surface area contributed by atoms with Gasteiger partial charge in [0.2, 0.25) is 11.8 Å². The Labute approximate surface area is 117 Å². The Morgan fingerprint density at radius 1 is 1.40 bits per heavy atom. The average molecular weight is 271 g/mol. The van der Waals surface area contributed by atoms with E-state index in [2.05, 4.69) is 27.3 Å². The van der Waals surface area contributed by atoms with Crippen molar-refractivity contribution in [2.24, 2.45) is 0 Å². The zero-order valence-electron chi connectivity index (χ0n) is 11.1. The second-order valence-electron chi connectivity index (χ2n) is 5.03. The number of nitrogens with two attached hydrogens (primary N) is 1. The van der Waals surface area contributed by atoms with Crippen LogP contribution >= 0.6 is 0 Å². The topological polar surface area (TPSA) is 87.9 Å². The van der Waals surface area contributed by atoms with E-state index in [1.807, 2.05) is 23.1 Å². The number of rotatable bonds is 3. The SMILES string of the molecule is Nc1n[nH]c(C(=O)N2CCCC2Cc2ccccc2)n1. The molecule has 104 valence electrons. The molecule has 3 N–H and O–H groups in total. The average Bonchev–Trinajstić information content (AvgIpc) is 3.08. The van der Waals surface area contributed by atoms with E-state index in [9.17, 15) is 4.79 Å². The molecular weight excluding hydrogens is 254 g/mol. The molecule has 0 aliphatic carbocycles. The van der Waals surface area contributed by atoms with Gasteiger partial charge in [-0.25, -0.2) is 0 Å². The molecule has 1 unspecified atom stereocenters. The first-order chi connectivity index (χ1) is 9.74. The number of carbonyl (C=O) groups is 1. The number of nitrogens with one attached hydrogen (secondary N) is 1. The Morgan fingerprint density at radius 3 is 2.90 bits per heavy atom. The summed E-state index contributed by atoms with van der Waals surface area (Å²) in [5, 5.41) is 6.30. The number of anilines is 1. The number of H-pyrrole nitrogens is 1. The van der Waals surface area contributed by atoms with Crippen LogP contribution in [0.4, 0.5) is 5.95 Å². The first kappa shape index (κ1) is 12.7. The first-order valence-corrected chi connectivity index (χ1v) is 6.77. The maximum atomic E-state index is 12.4. The van der Waals surface area contributed by atoms with Gasteiger partial charge in [-0.15, -0.1) is 5.10 Å². The Kier molecular flexibility index (Phi) is 3.37. The molecule has 1 saturated heterocycles. The summed E-state index contributed by atoms with van der Waals surface area (Å²) >= 11 is 0. The highest BCUT2D eigenvalue weighted by Gasteiger charge is 2.31. The number of benzene rings is 1. The molecule has 1 aliphatic heterocycles. The third-order valence-electron chi connectivity index (χ3n) is 3.66. The summed E-state index contributed by atoms with van der Waals surface area (Å²) in [5.41, 5.74) is 6.69. The minimum absolute atomic E-state index is 0.104. The van der Waals surface area contributed by atoms with Crippen molar-refractivity contribution in [3.05, 3.63) is 41.7 Å². The number of amides is 1. The summed E-state index contributed by atoms with van der Waals surface area (Å²) in [4.78, 5) is 18.2. The molecule has 0 radical (unpaired) electrons. The van der Waals surface area contributed by atoms with Gasteiger partial charge in [0.15, 0.2) is 0 Å². The number of hydrogen-bond acceptors (Lipinski definition) is 4. The minimum atomic E-state index is -0.118. The van der Waals surface area contributed by atoms with Gasteiger partial charge in [0, 0.05) is 12.6 Å². The van der Waals surface area contributed by atoms with Crippen LogP contribution in [0.5, 0.6) is 0 Å². The number of nitrogen functional groups attached to an aromatic ring is 1. The van der Waals surface area contributed by atoms with Crippen molar-refractivity contribution < 1.29 is 4.79 Å². The molecule has 2 heterocycles. The number of nitrogens with zero attached hydrogens (tertiary/aromatic N) is 3. The van der Waals surface area contributed by atoms with Crippen molar-refractivity contribution in [3.8, 4) is 0 Å². The van der Waals surface area contributed by atoms with E-state index in [0.29, 0.717) is 0 Å². The molecule has 1 aromatic carbocycles. The largest absolute Gasteiger partial charge is 0.366 e. The number of aromatic nitrogens is 3. The van der Waals surface area contributed by atoms with Crippen LogP contribution < -0.4 is 5.73 Å². The fraction of sp³-hybridized carbons (Fsp3) is 0.357. The van der Waals surface area contributed by atoms with Crippen molar-refractivity contribution in [2.75, 3.05) is 12.3 Å². The molecule has 0 bridgehead atoms. The molecule has 3 rings (SSSR count). The van der Waals surface area contributed by atoms with Gasteiger partial charge in [0.25, 0.3) is 5.91 Å². The van der Waals surface area contributed by atoms with Gasteiger partial charge in [-0.1, -0.05) is 30.3 Å². The lowest BCUT2D eigenvalue weighted by molar-refractivity contribution is 0.0724. The molecule has 1 fully saturated rings. The van der Waals surface area contributed by atoms with E-state index >= 15 is 0 Å². The highest BCUT2D eigenvalue weighted by molar-refractivity contribution is 5.91. The minimum Gasteiger partial charge on any atom is -0.366 e. The van der Waals surface area contributed by atoms with Crippen LogP contribution in [0, 0.1) is 0 Å². The third-order valence-corrected chi connectivity index (χ3v) is 3.66. The van der Waals surface area contributed by atoms with Gasteiger partial charge in [0.1, 0.15) is 0 Å².